The molecule has 0 heterocycles. The molecule has 0 atom stereocenters. The number of hydrogen-bond acceptors (Lipinski definition) is 4. The van der Waals surface area contributed by atoms with Gasteiger partial charge in [0.05, 0.1) is 13.3 Å². The molecule has 0 saturated carbocycles. The number of methoxy groups -OCH3 is 1. The van der Waals surface area contributed by atoms with Crippen molar-refractivity contribution in [3.05, 3.63) is 29.2 Å². The molecule has 0 fully saturated rings. The van der Waals surface area contributed by atoms with E-state index < -0.39 is 0 Å². The van der Waals surface area contributed by atoms with Gasteiger partial charge in [-0.15, -0.1) is 0 Å². The van der Waals surface area contributed by atoms with Crippen molar-refractivity contribution >= 4 is 18.4 Å². The number of aliphatic imine (C=N–C) groups is 1. The normalized spacial score (nSPS) is 18.5. The van der Waals surface area contributed by atoms with Crippen LogP contribution in [0.2, 0.25) is 0 Å². The van der Waals surface area contributed by atoms with Crippen LogP contribution in [0, 0.1) is 5.41 Å². The Bertz CT molecular complexity index is 372. The predicted octanol–water partition coefficient (Wildman–Crippen LogP) is 1.25. The molecule has 0 spiro atoms. The van der Waals surface area contributed by atoms with Crippen LogP contribution in [-0.4, -0.2) is 25.5 Å². The fourth-order valence-electron chi connectivity index (χ4n) is 1.14. The van der Waals surface area contributed by atoms with Crippen molar-refractivity contribution in [2.75, 3.05) is 7.11 Å². The van der Waals surface area contributed by atoms with E-state index in [0.717, 1.165) is 17.4 Å². The molecule has 0 aromatic rings. The second kappa shape index (κ2) is 4.94. The number of rotatable bonds is 3. The zero-order chi connectivity index (χ0) is 10.4. The summed E-state index contributed by atoms with van der Waals surface area (Å²) in [4.78, 5) is 13.7. The standard InChI is InChI=1S/C10H10N2O2/c1-14-10-5-8(6-11)4-9(10)7-12-2-3-13/h2-3,5,7,11H,4H2,1H3. The van der Waals surface area contributed by atoms with Crippen LogP contribution < -0.4 is 0 Å². The average Bonchev–Trinajstić information content (AvgIpc) is 2.61. The zero-order valence-electron chi connectivity index (χ0n) is 7.78. The Balaban J connectivity index is 2.88. The minimum absolute atomic E-state index is 0.572. The van der Waals surface area contributed by atoms with Crippen molar-refractivity contribution in [1.82, 2.24) is 0 Å². The summed E-state index contributed by atoms with van der Waals surface area (Å²) in [6.07, 6.45) is 5.62. The topological polar surface area (TPSA) is 62.5 Å². The van der Waals surface area contributed by atoms with Crippen molar-refractivity contribution in [1.29, 1.82) is 5.41 Å². The number of nitrogens with zero attached hydrogens (tertiary/aromatic N) is 1. The number of allylic oxidation sites excluding steroid dienone is 3. The van der Waals surface area contributed by atoms with Crippen LogP contribution in [0.3, 0.4) is 0 Å². The van der Waals surface area contributed by atoms with E-state index in [1.54, 1.807) is 19.4 Å². The van der Waals surface area contributed by atoms with Crippen LogP contribution in [0.5, 0.6) is 0 Å². The van der Waals surface area contributed by atoms with E-state index in [2.05, 4.69) is 10.9 Å². The van der Waals surface area contributed by atoms with Crippen molar-refractivity contribution < 1.29 is 9.53 Å². The third-order valence-electron chi connectivity index (χ3n) is 1.76. The van der Waals surface area contributed by atoms with E-state index in [1.807, 2.05) is 0 Å². The van der Waals surface area contributed by atoms with Crippen LogP contribution in [0.4, 0.5) is 0 Å². The van der Waals surface area contributed by atoms with Crippen molar-refractivity contribution in [3.8, 4) is 0 Å². The number of carbonyl (C=O) groups excluding carboxylic acids is 1. The highest BCUT2D eigenvalue weighted by Gasteiger charge is 2.15. The van der Waals surface area contributed by atoms with Gasteiger partial charge in [-0.05, 0) is 11.9 Å². The van der Waals surface area contributed by atoms with Crippen LogP contribution in [0.1, 0.15) is 6.42 Å². The largest absolute Gasteiger partial charge is 0.496 e. The molecular weight excluding hydrogens is 180 g/mol. The summed E-state index contributed by atoms with van der Waals surface area (Å²) in [6, 6.07) is 0. The monoisotopic (exact) mass is 190 g/mol. The molecule has 1 aliphatic carbocycles. The molecule has 4 nitrogen and oxygen atoms in total. The Morgan fingerprint density at radius 1 is 1.71 bits per heavy atom. The predicted molar refractivity (Wildman–Crippen MR) is 53.6 cm³/mol. The fourth-order valence-corrected chi connectivity index (χ4v) is 1.14. The molecule has 1 aliphatic rings. The van der Waals surface area contributed by atoms with E-state index in [0.29, 0.717) is 18.5 Å². The van der Waals surface area contributed by atoms with E-state index in [4.69, 9.17) is 10.1 Å². The van der Waals surface area contributed by atoms with Crippen molar-refractivity contribution in [2.24, 2.45) is 4.99 Å². The molecular formula is C10H10N2O2. The highest BCUT2D eigenvalue weighted by atomic mass is 16.5. The maximum absolute atomic E-state index is 9.98. The first-order chi connectivity index (χ1) is 6.81. The summed E-state index contributed by atoms with van der Waals surface area (Å²) in [6.45, 7) is 0. The molecule has 0 saturated heterocycles. The molecule has 1 rings (SSSR count). The van der Waals surface area contributed by atoms with Gasteiger partial charge in [0, 0.05) is 23.8 Å². The molecule has 0 amide bonds. The quantitative estimate of drug-likeness (QED) is 0.537. The van der Waals surface area contributed by atoms with E-state index in [-0.39, 0.29) is 0 Å². The summed E-state index contributed by atoms with van der Waals surface area (Å²) in [7, 11) is 1.55. The number of nitrogens with one attached hydrogen (secondary N) is 1. The Morgan fingerprint density at radius 3 is 3.07 bits per heavy atom. The molecule has 1 N–H and O–H groups in total. The maximum atomic E-state index is 9.98. The zero-order valence-corrected chi connectivity index (χ0v) is 7.78. The van der Waals surface area contributed by atoms with Crippen molar-refractivity contribution in [2.45, 2.75) is 6.42 Å². The van der Waals surface area contributed by atoms with Gasteiger partial charge in [-0.3, -0.25) is 15.2 Å². The van der Waals surface area contributed by atoms with Crippen LogP contribution in [-0.2, 0) is 9.53 Å². The van der Waals surface area contributed by atoms with Crippen LogP contribution in [0.15, 0.2) is 34.2 Å². The molecule has 0 bridgehead atoms. The van der Waals surface area contributed by atoms with Gasteiger partial charge in [0.1, 0.15) is 5.76 Å². The Kier molecular flexibility index (Phi) is 3.58. The number of hydrogen-bond donors (Lipinski definition) is 1. The summed E-state index contributed by atoms with van der Waals surface area (Å²) >= 11 is 0. The SMILES string of the molecule is COC1=CC(=C=N)CC1=CN=CC=O. The lowest BCUT2D eigenvalue weighted by atomic mass is 10.2. The third-order valence-corrected chi connectivity index (χ3v) is 1.76. The minimum atomic E-state index is 0.572. The number of ether oxygens (including phenoxy) is 1. The molecule has 14 heavy (non-hydrogen) atoms. The van der Waals surface area contributed by atoms with Gasteiger partial charge in [0.15, 0.2) is 6.29 Å². The first kappa shape index (κ1) is 10.2. The third kappa shape index (κ3) is 2.28. The van der Waals surface area contributed by atoms with Gasteiger partial charge in [0.25, 0.3) is 0 Å². The second-order valence-electron chi connectivity index (χ2n) is 2.63. The van der Waals surface area contributed by atoms with Gasteiger partial charge < -0.3 is 4.74 Å². The fraction of sp³-hybridized carbons (Fsp3) is 0.200. The van der Waals surface area contributed by atoms with Gasteiger partial charge in [0.2, 0.25) is 0 Å². The minimum Gasteiger partial charge on any atom is -0.496 e. The van der Waals surface area contributed by atoms with Crippen LogP contribution in [0.25, 0.3) is 0 Å². The number of carbonyl (C=O) groups is 1. The summed E-state index contributed by atoms with van der Waals surface area (Å²) in [5.41, 5.74) is 1.59. The first-order valence-corrected chi connectivity index (χ1v) is 4.02. The molecule has 72 valence electrons. The van der Waals surface area contributed by atoms with Gasteiger partial charge in [-0.1, -0.05) is 0 Å². The van der Waals surface area contributed by atoms with Gasteiger partial charge in [-0.25, -0.2) is 0 Å². The summed E-state index contributed by atoms with van der Waals surface area (Å²) in [5.74, 6) is 2.97. The molecule has 0 aromatic carbocycles. The lowest BCUT2D eigenvalue weighted by Crippen LogP contribution is -1.85. The van der Waals surface area contributed by atoms with Gasteiger partial charge >= 0.3 is 0 Å². The second-order valence-corrected chi connectivity index (χ2v) is 2.63. The van der Waals surface area contributed by atoms with Crippen LogP contribution >= 0.6 is 0 Å². The Hall–Kier alpha value is -1.93. The van der Waals surface area contributed by atoms with E-state index in [1.165, 1.54) is 0 Å². The van der Waals surface area contributed by atoms with Crippen molar-refractivity contribution in [3.63, 3.8) is 0 Å². The van der Waals surface area contributed by atoms with Gasteiger partial charge in [-0.2, -0.15) is 0 Å². The first-order valence-electron chi connectivity index (χ1n) is 4.02. The molecule has 0 aromatic heterocycles. The smallest absolute Gasteiger partial charge is 0.161 e. The van der Waals surface area contributed by atoms with E-state index in [9.17, 15) is 4.79 Å². The lowest BCUT2D eigenvalue weighted by molar-refractivity contribution is -0.102. The lowest BCUT2D eigenvalue weighted by Gasteiger charge is -2.00. The molecule has 0 aliphatic heterocycles. The highest BCUT2D eigenvalue weighted by molar-refractivity contribution is 6.13. The molecule has 0 unspecified atom stereocenters. The highest BCUT2D eigenvalue weighted by Crippen LogP contribution is 2.27. The maximum Gasteiger partial charge on any atom is 0.161 e. The molecule has 4 heteroatoms. The summed E-state index contributed by atoms with van der Waals surface area (Å²) < 4.78 is 5.07. The Morgan fingerprint density at radius 2 is 2.50 bits per heavy atom. The Labute approximate surface area is 81.8 Å². The average molecular weight is 190 g/mol. The van der Waals surface area contributed by atoms with E-state index >= 15 is 0 Å². The number of aldehydes is 1. The molecule has 0 radical (unpaired) electrons. The summed E-state index contributed by atoms with van der Waals surface area (Å²) in [5, 5.41) is 6.96.